The molecule has 0 unspecified atom stereocenters. The third kappa shape index (κ3) is 10.6. The van der Waals surface area contributed by atoms with Gasteiger partial charge in [-0.1, -0.05) is 48.6 Å². The number of hydrogen-bond acceptors (Lipinski definition) is 7. The largest absolute Gasteiger partial charge is 0.495 e. The van der Waals surface area contributed by atoms with Gasteiger partial charge in [-0.25, -0.2) is 17.3 Å². The van der Waals surface area contributed by atoms with Gasteiger partial charge in [0.1, 0.15) is 11.6 Å². The van der Waals surface area contributed by atoms with Gasteiger partial charge in [-0.2, -0.15) is 4.98 Å². The van der Waals surface area contributed by atoms with E-state index < -0.39 is 9.84 Å². The highest BCUT2D eigenvalue weighted by Gasteiger charge is 2.14. The number of ether oxygens (including phenoxy) is 1. The molecule has 11 nitrogen and oxygen atoms in total. The van der Waals surface area contributed by atoms with Crippen molar-refractivity contribution in [3.05, 3.63) is 121 Å². The lowest BCUT2D eigenvalue weighted by Gasteiger charge is -2.10. The molecule has 2 heterocycles. The zero-order chi connectivity index (χ0) is 32.6. The Balaban J connectivity index is 0.000000880. The van der Waals surface area contributed by atoms with Gasteiger partial charge in [-0.15, -0.1) is 5.10 Å². The van der Waals surface area contributed by atoms with E-state index in [1.165, 1.54) is 31.4 Å². The van der Waals surface area contributed by atoms with Crippen LogP contribution in [0.2, 0.25) is 0 Å². The molecule has 2 aromatic heterocycles. The van der Waals surface area contributed by atoms with Gasteiger partial charge >= 0.3 is 0 Å². The Bertz CT molecular complexity index is 1960. The summed E-state index contributed by atoms with van der Waals surface area (Å²) in [6.45, 7) is 7.61. The number of aromatic nitrogens is 3. The number of allylic oxidation sites excluding steroid dienone is 3. The molecule has 0 saturated carbocycles. The number of pyridine rings is 1. The lowest BCUT2D eigenvalue weighted by molar-refractivity contribution is -0.115. The minimum absolute atomic E-state index is 0. The van der Waals surface area contributed by atoms with Crippen molar-refractivity contribution < 1.29 is 33.3 Å². The van der Waals surface area contributed by atoms with Crippen LogP contribution < -0.4 is 15.4 Å². The van der Waals surface area contributed by atoms with Gasteiger partial charge in [0.15, 0.2) is 15.5 Å². The molecule has 0 aliphatic heterocycles. The number of nitrogens with zero attached hydrogens (tertiary/aromatic N) is 3. The molecule has 0 aliphatic carbocycles. The Kier molecular flexibility index (Phi) is 13.5. The molecule has 0 saturated heterocycles. The Labute approximate surface area is 273 Å². The summed E-state index contributed by atoms with van der Waals surface area (Å²) in [6, 6.07) is 21.5. The number of sulfone groups is 1. The van der Waals surface area contributed by atoms with Crippen molar-refractivity contribution in [2.75, 3.05) is 24.0 Å². The monoisotopic (exact) mass is 663 g/mol. The van der Waals surface area contributed by atoms with Crippen molar-refractivity contribution in [2.24, 2.45) is 0 Å². The lowest BCUT2D eigenvalue weighted by Crippen LogP contribution is -2.14. The quantitative estimate of drug-likeness (QED) is 0.199. The summed E-state index contributed by atoms with van der Waals surface area (Å²) in [5.74, 6) is 0.132. The Hall–Kier alpha value is -5.37. The van der Waals surface area contributed by atoms with E-state index in [2.05, 4.69) is 27.3 Å². The fourth-order valence-corrected chi connectivity index (χ4v) is 4.89. The summed E-state index contributed by atoms with van der Waals surface area (Å²) >= 11 is 0. The number of anilines is 3. The second kappa shape index (κ2) is 16.8. The number of carbonyl (C=O) groups excluding carboxylic acids is 1. The minimum Gasteiger partial charge on any atom is -0.495 e. The number of hydrogen-bond donors (Lipinski definition) is 2. The molecular weight excluding hydrogens is 625 g/mol. The first-order valence-electron chi connectivity index (χ1n) is 13.9. The van der Waals surface area contributed by atoms with Crippen LogP contribution in [-0.2, 0) is 21.1 Å². The van der Waals surface area contributed by atoms with Crippen molar-refractivity contribution >= 4 is 38.7 Å². The molecule has 0 fully saturated rings. The van der Waals surface area contributed by atoms with Crippen LogP contribution in [0.15, 0.2) is 114 Å². The zero-order valence-corrected chi connectivity index (χ0v) is 27.2. The van der Waals surface area contributed by atoms with Crippen LogP contribution in [0.4, 0.5) is 21.7 Å². The van der Waals surface area contributed by atoms with Crippen LogP contribution in [0.3, 0.4) is 0 Å². The highest BCUT2D eigenvalue weighted by atomic mass is 32.2. The molecule has 3 aromatic carbocycles. The molecule has 0 radical (unpaired) electrons. The highest BCUT2D eigenvalue weighted by molar-refractivity contribution is 7.90. The lowest BCUT2D eigenvalue weighted by atomic mass is 10.1. The maximum atomic E-state index is 13.1. The summed E-state index contributed by atoms with van der Waals surface area (Å²) in [7, 11) is -1.92. The molecule has 0 atom stereocenters. The number of halogens is 1. The van der Waals surface area contributed by atoms with Crippen LogP contribution in [0.25, 0.3) is 16.8 Å². The summed E-state index contributed by atoms with van der Waals surface area (Å²) in [5.41, 5.74) is 5.42. The van der Waals surface area contributed by atoms with Crippen LogP contribution >= 0.6 is 0 Å². The summed E-state index contributed by atoms with van der Waals surface area (Å²) < 4.78 is 43.7. The second-order valence-electron chi connectivity index (χ2n) is 10.2. The molecule has 47 heavy (non-hydrogen) atoms. The fraction of sp³-hybridized carbons (Fsp3) is 0.147. The molecule has 248 valence electrons. The molecule has 0 spiro atoms. The Morgan fingerprint density at radius 1 is 1.00 bits per heavy atom. The smallest absolute Gasteiger partial charge is 0.247 e. The number of rotatable bonds is 9. The highest BCUT2D eigenvalue weighted by Crippen LogP contribution is 2.30. The van der Waals surface area contributed by atoms with Crippen LogP contribution in [0.1, 0.15) is 19.4 Å². The molecule has 6 N–H and O–H groups in total. The van der Waals surface area contributed by atoms with Crippen LogP contribution in [0, 0.1) is 5.82 Å². The van der Waals surface area contributed by atoms with E-state index in [0.29, 0.717) is 28.7 Å². The summed E-state index contributed by atoms with van der Waals surface area (Å²) in [4.78, 5) is 17.0. The second-order valence-corrected chi connectivity index (χ2v) is 12.2. The van der Waals surface area contributed by atoms with Gasteiger partial charge in [0.05, 0.1) is 24.1 Å². The SMILES string of the molecule is C=C(C)/C=C\C.COc1cc(S(C)(=O)=O)ccc1Nc1nc2ccc(-c3ccc(NC(=O)Cc4ccc(F)cc4)cc3)cn2n1.O.O. The van der Waals surface area contributed by atoms with E-state index >= 15 is 0 Å². The van der Waals surface area contributed by atoms with Gasteiger partial charge < -0.3 is 26.3 Å². The normalized spacial score (nSPS) is 10.7. The van der Waals surface area contributed by atoms with E-state index in [1.54, 1.807) is 22.7 Å². The molecule has 5 rings (SSSR count). The number of carbonyl (C=O) groups is 1. The van der Waals surface area contributed by atoms with Crippen molar-refractivity contribution in [3.63, 3.8) is 0 Å². The van der Waals surface area contributed by atoms with Crippen molar-refractivity contribution in [2.45, 2.75) is 25.2 Å². The average Bonchev–Trinajstić information content (AvgIpc) is 3.40. The number of nitrogens with one attached hydrogen (secondary N) is 2. The molecule has 0 bridgehead atoms. The predicted molar refractivity (Wildman–Crippen MR) is 183 cm³/mol. The summed E-state index contributed by atoms with van der Waals surface area (Å²) in [6.07, 6.45) is 7.06. The minimum atomic E-state index is -3.38. The number of amides is 1. The molecule has 0 aliphatic rings. The Morgan fingerprint density at radius 3 is 2.23 bits per heavy atom. The van der Waals surface area contributed by atoms with E-state index in [1.807, 2.05) is 68.6 Å². The fourth-order valence-electron chi connectivity index (χ4n) is 4.26. The topological polar surface area (TPSA) is 178 Å². The van der Waals surface area contributed by atoms with Crippen molar-refractivity contribution in [1.82, 2.24) is 14.6 Å². The maximum absolute atomic E-state index is 13.1. The first-order valence-corrected chi connectivity index (χ1v) is 15.8. The van der Waals surface area contributed by atoms with Gasteiger partial charge in [-0.05, 0) is 73.5 Å². The maximum Gasteiger partial charge on any atom is 0.247 e. The van der Waals surface area contributed by atoms with Crippen molar-refractivity contribution in [1.29, 1.82) is 0 Å². The molecule has 13 heteroatoms. The third-order valence-corrected chi connectivity index (χ3v) is 7.52. The summed E-state index contributed by atoms with van der Waals surface area (Å²) in [5, 5.41) is 10.4. The Morgan fingerprint density at radius 2 is 1.66 bits per heavy atom. The van der Waals surface area contributed by atoms with Crippen molar-refractivity contribution in [3.8, 4) is 16.9 Å². The van der Waals surface area contributed by atoms with Crippen LogP contribution in [0.5, 0.6) is 5.75 Å². The van der Waals surface area contributed by atoms with Gasteiger partial charge in [0.2, 0.25) is 11.9 Å². The average molecular weight is 664 g/mol. The van der Waals surface area contributed by atoms with Gasteiger partial charge in [0, 0.05) is 29.8 Å². The van der Waals surface area contributed by atoms with E-state index in [9.17, 15) is 17.6 Å². The number of methoxy groups -OCH3 is 1. The standard InChI is InChI=1S/C28H24FN5O4S.C6H10.2H2O/c1-38-25-16-23(39(2,36)37)12-13-24(25)31-28-32-26-14-7-20(17-34(26)33-28)19-5-10-22(11-6-19)30-27(35)15-18-3-8-21(29)9-4-18;1-4-5-6(2)3;;/h3-14,16-17H,15H2,1-2H3,(H,30,35)(H,31,33);4-5H,2H2,1,3H3;2*1H2/b;5-4-;;. The van der Waals surface area contributed by atoms with E-state index in [4.69, 9.17) is 4.74 Å². The van der Waals surface area contributed by atoms with E-state index in [-0.39, 0.29) is 34.0 Å². The first kappa shape index (κ1) is 37.8. The molecular formula is C34H38FN5O6S. The van der Waals surface area contributed by atoms with Gasteiger partial charge in [0.25, 0.3) is 0 Å². The van der Waals surface area contributed by atoms with Crippen LogP contribution in [-0.4, -0.2) is 53.2 Å². The first-order chi connectivity index (χ1) is 21.4. The molecule has 5 aromatic rings. The number of benzene rings is 3. The van der Waals surface area contributed by atoms with E-state index in [0.717, 1.165) is 28.5 Å². The number of fused-ring (bicyclic) bond motifs is 1. The van der Waals surface area contributed by atoms with Gasteiger partial charge in [-0.3, -0.25) is 4.79 Å². The zero-order valence-electron chi connectivity index (χ0n) is 26.4. The third-order valence-electron chi connectivity index (χ3n) is 6.41. The molecule has 1 amide bonds. The predicted octanol–water partition coefficient (Wildman–Crippen LogP) is 5.36.